The van der Waals surface area contributed by atoms with Crippen LogP contribution in [0.3, 0.4) is 0 Å². The molecule has 3 rings (SSSR count). The highest BCUT2D eigenvalue weighted by atomic mass is 15.1. The molecular weight excluding hydrogens is 232 g/mol. The van der Waals surface area contributed by atoms with E-state index in [1.165, 1.54) is 41.0 Å². The highest BCUT2D eigenvalue weighted by molar-refractivity contribution is 5.68. The maximum Gasteiger partial charge on any atom is 0.0412 e. The minimum Gasteiger partial charge on any atom is -0.385 e. The molecule has 19 heavy (non-hydrogen) atoms. The van der Waals surface area contributed by atoms with E-state index in [0.29, 0.717) is 0 Å². The third-order valence-corrected chi connectivity index (χ3v) is 3.80. The summed E-state index contributed by atoms with van der Waals surface area (Å²) in [4.78, 5) is 2.25. The zero-order valence-electron chi connectivity index (χ0n) is 11.6. The molecule has 0 amide bonds. The Hall–Kier alpha value is -1.96. The molecule has 1 N–H and O–H groups in total. The van der Waals surface area contributed by atoms with Crippen LogP contribution in [0.5, 0.6) is 0 Å². The van der Waals surface area contributed by atoms with Crippen LogP contribution >= 0.6 is 0 Å². The fourth-order valence-electron chi connectivity index (χ4n) is 2.66. The van der Waals surface area contributed by atoms with E-state index >= 15 is 0 Å². The van der Waals surface area contributed by atoms with Gasteiger partial charge < -0.3 is 10.2 Å². The molecule has 0 bridgehead atoms. The Morgan fingerprint density at radius 1 is 1.05 bits per heavy atom. The normalized spacial score (nSPS) is 13.6. The first kappa shape index (κ1) is 12.1. The van der Waals surface area contributed by atoms with Gasteiger partial charge in [0.2, 0.25) is 0 Å². The van der Waals surface area contributed by atoms with Crippen LogP contribution in [0, 0.1) is 6.92 Å². The van der Waals surface area contributed by atoms with Crippen molar-refractivity contribution in [2.24, 2.45) is 0 Å². The Morgan fingerprint density at radius 3 is 2.74 bits per heavy atom. The third-order valence-electron chi connectivity index (χ3n) is 3.80. The Balaban J connectivity index is 1.93. The van der Waals surface area contributed by atoms with Crippen molar-refractivity contribution in [2.45, 2.75) is 19.8 Å². The number of aryl methyl sites for hydroxylation is 2. The van der Waals surface area contributed by atoms with Gasteiger partial charge in [-0.2, -0.15) is 0 Å². The van der Waals surface area contributed by atoms with Crippen LogP contribution in [0.1, 0.15) is 17.5 Å². The summed E-state index contributed by atoms with van der Waals surface area (Å²) in [5.41, 5.74) is 6.52. The molecule has 0 radical (unpaired) electrons. The van der Waals surface area contributed by atoms with Crippen molar-refractivity contribution in [2.75, 3.05) is 23.8 Å². The summed E-state index contributed by atoms with van der Waals surface area (Å²) < 4.78 is 0. The molecular formula is C17H20N2. The second kappa shape index (κ2) is 4.96. The molecule has 0 aliphatic carbocycles. The third kappa shape index (κ3) is 2.43. The van der Waals surface area contributed by atoms with Gasteiger partial charge in [-0.1, -0.05) is 12.1 Å². The predicted molar refractivity (Wildman–Crippen MR) is 82.5 cm³/mol. The molecule has 0 spiro atoms. The molecule has 0 unspecified atom stereocenters. The summed E-state index contributed by atoms with van der Waals surface area (Å²) in [6.07, 6.45) is 2.41. The maximum atomic E-state index is 3.46. The van der Waals surface area contributed by atoms with E-state index in [4.69, 9.17) is 0 Å². The average Bonchev–Trinajstić information content (AvgIpc) is 2.46. The quantitative estimate of drug-likeness (QED) is 0.865. The maximum absolute atomic E-state index is 3.46. The number of hydrogen-bond donors (Lipinski definition) is 1. The van der Waals surface area contributed by atoms with E-state index in [-0.39, 0.29) is 0 Å². The summed E-state index contributed by atoms with van der Waals surface area (Å²) in [7, 11) is 2.13. The van der Waals surface area contributed by atoms with Gasteiger partial charge in [0.25, 0.3) is 0 Å². The van der Waals surface area contributed by atoms with E-state index in [9.17, 15) is 0 Å². The number of anilines is 3. The molecule has 1 heterocycles. The largest absolute Gasteiger partial charge is 0.385 e. The van der Waals surface area contributed by atoms with Gasteiger partial charge in [-0.3, -0.25) is 0 Å². The highest BCUT2D eigenvalue weighted by Gasteiger charge is 2.11. The molecule has 0 aromatic heterocycles. The van der Waals surface area contributed by atoms with E-state index in [0.717, 1.165) is 6.54 Å². The molecule has 2 heteroatoms. The first-order chi connectivity index (χ1) is 9.24. The van der Waals surface area contributed by atoms with Gasteiger partial charge in [-0.05, 0) is 61.2 Å². The van der Waals surface area contributed by atoms with E-state index in [2.05, 4.69) is 66.7 Å². The molecule has 0 saturated heterocycles. The van der Waals surface area contributed by atoms with Crippen LogP contribution in [0.4, 0.5) is 17.1 Å². The Labute approximate surface area is 115 Å². The number of nitrogens with zero attached hydrogens (tertiary/aromatic N) is 1. The van der Waals surface area contributed by atoms with Gasteiger partial charge in [0.1, 0.15) is 0 Å². The lowest BCUT2D eigenvalue weighted by molar-refractivity contribution is 0.830. The van der Waals surface area contributed by atoms with E-state index in [1.54, 1.807) is 0 Å². The van der Waals surface area contributed by atoms with Crippen LogP contribution in [-0.2, 0) is 6.42 Å². The Bertz CT molecular complexity index is 590. The van der Waals surface area contributed by atoms with Crippen molar-refractivity contribution < 1.29 is 0 Å². The second-order valence-electron chi connectivity index (χ2n) is 5.27. The van der Waals surface area contributed by atoms with Crippen LogP contribution in [0.25, 0.3) is 0 Å². The summed E-state index contributed by atoms with van der Waals surface area (Å²) in [6.45, 7) is 3.23. The van der Waals surface area contributed by atoms with E-state index in [1.807, 2.05) is 0 Å². The predicted octanol–water partition coefficient (Wildman–Crippen LogP) is 4.12. The van der Waals surface area contributed by atoms with Crippen LogP contribution < -0.4 is 10.2 Å². The van der Waals surface area contributed by atoms with Crippen molar-refractivity contribution in [1.29, 1.82) is 0 Å². The lowest BCUT2D eigenvalue weighted by Gasteiger charge is -2.24. The van der Waals surface area contributed by atoms with Crippen molar-refractivity contribution >= 4 is 17.1 Å². The lowest BCUT2D eigenvalue weighted by Crippen LogP contribution is -2.14. The van der Waals surface area contributed by atoms with Gasteiger partial charge in [-0.25, -0.2) is 0 Å². The van der Waals surface area contributed by atoms with Crippen molar-refractivity contribution in [3.63, 3.8) is 0 Å². The fraction of sp³-hybridized carbons (Fsp3) is 0.294. The lowest BCUT2D eigenvalue weighted by atomic mass is 10.0. The first-order valence-electron chi connectivity index (χ1n) is 6.91. The minimum absolute atomic E-state index is 1.10. The molecule has 2 nitrogen and oxygen atoms in total. The number of nitrogens with one attached hydrogen (secondary N) is 1. The summed E-state index contributed by atoms with van der Waals surface area (Å²) in [5.74, 6) is 0. The smallest absolute Gasteiger partial charge is 0.0412 e. The minimum atomic E-state index is 1.10. The fourth-order valence-corrected chi connectivity index (χ4v) is 2.66. The van der Waals surface area contributed by atoms with Gasteiger partial charge in [0.15, 0.2) is 0 Å². The SMILES string of the molecule is Cc1cccc(N(C)c2ccc3c(c2)CCCN3)c1. The van der Waals surface area contributed by atoms with E-state index < -0.39 is 0 Å². The Kier molecular flexibility index (Phi) is 3.16. The number of hydrogen-bond acceptors (Lipinski definition) is 2. The Morgan fingerprint density at radius 2 is 1.89 bits per heavy atom. The molecule has 0 fully saturated rings. The van der Waals surface area contributed by atoms with Gasteiger partial charge >= 0.3 is 0 Å². The summed E-state index contributed by atoms with van der Waals surface area (Å²) in [5, 5.41) is 3.46. The van der Waals surface area contributed by atoms with Gasteiger partial charge in [0.05, 0.1) is 0 Å². The molecule has 2 aromatic rings. The molecule has 2 aromatic carbocycles. The topological polar surface area (TPSA) is 15.3 Å². The number of rotatable bonds is 2. The standard InChI is InChI=1S/C17H20N2/c1-13-5-3-7-15(11-13)19(2)16-8-9-17-14(12-16)6-4-10-18-17/h3,5,7-9,11-12,18H,4,6,10H2,1-2H3. The van der Waals surface area contributed by atoms with Crippen molar-refractivity contribution in [3.05, 3.63) is 53.6 Å². The van der Waals surface area contributed by atoms with Crippen LogP contribution in [0.2, 0.25) is 0 Å². The van der Waals surface area contributed by atoms with Crippen molar-refractivity contribution in [1.82, 2.24) is 0 Å². The van der Waals surface area contributed by atoms with Crippen LogP contribution in [0.15, 0.2) is 42.5 Å². The number of benzene rings is 2. The monoisotopic (exact) mass is 252 g/mol. The average molecular weight is 252 g/mol. The molecule has 98 valence electrons. The van der Waals surface area contributed by atoms with Gasteiger partial charge in [0, 0.05) is 30.7 Å². The zero-order valence-corrected chi connectivity index (χ0v) is 11.6. The molecule has 1 aliphatic rings. The highest BCUT2D eigenvalue weighted by Crippen LogP contribution is 2.30. The second-order valence-corrected chi connectivity index (χ2v) is 5.27. The van der Waals surface area contributed by atoms with Crippen LogP contribution in [-0.4, -0.2) is 13.6 Å². The zero-order chi connectivity index (χ0) is 13.2. The summed E-state index contributed by atoms with van der Waals surface area (Å²) >= 11 is 0. The first-order valence-corrected chi connectivity index (χ1v) is 6.91. The van der Waals surface area contributed by atoms with Gasteiger partial charge in [-0.15, -0.1) is 0 Å². The summed E-state index contributed by atoms with van der Waals surface area (Å²) in [6, 6.07) is 15.3. The molecule has 1 aliphatic heterocycles. The number of fused-ring (bicyclic) bond motifs is 1. The molecule has 0 atom stereocenters. The molecule has 0 saturated carbocycles. The van der Waals surface area contributed by atoms with Crippen molar-refractivity contribution in [3.8, 4) is 0 Å².